The molecule has 0 aromatic carbocycles. The number of hydrogen-bond donors (Lipinski definition) is 12. The number of amides is 10. The van der Waals surface area contributed by atoms with Gasteiger partial charge < -0.3 is 78.9 Å². The number of nitrogens with one attached hydrogen (secondary N) is 5. The highest BCUT2D eigenvalue weighted by molar-refractivity contribution is 5.99. The van der Waals surface area contributed by atoms with Crippen molar-refractivity contribution in [2.45, 2.75) is 171 Å². The molecule has 10 amide bonds. The quantitative estimate of drug-likeness (QED) is 0.0323. The lowest BCUT2D eigenvalue weighted by molar-refractivity contribution is -0.149. The van der Waals surface area contributed by atoms with Gasteiger partial charge in [0.25, 0.3) is 0 Å². The van der Waals surface area contributed by atoms with Gasteiger partial charge in [0.1, 0.15) is 48.3 Å². The molecule has 3 rings (SSSR count). The summed E-state index contributed by atoms with van der Waals surface area (Å²) >= 11 is 0. The Kier molecular flexibility index (Phi) is 23.6. The van der Waals surface area contributed by atoms with Crippen LogP contribution in [0.2, 0.25) is 0 Å². The van der Waals surface area contributed by atoms with Gasteiger partial charge in [-0.15, -0.1) is 0 Å². The lowest BCUT2D eigenvalue weighted by atomic mass is 10.0. The second-order valence-corrected chi connectivity index (χ2v) is 18.9. The number of hydrogen-bond acceptors (Lipinski definition) is 15. The van der Waals surface area contributed by atoms with Crippen molar-refractivity contribution in [1.29, 1.82) is 0 Å². The topological polar surface area (TPSA) is 468 Å². The Bertz CT molecular complexity index is 2160. The molecule has 3 saturated heterocycles. The number of primary amides is 2. The highest BCUT2D eigenvalue weighted by Crippen LogP contribution is 2.27. The van der Waals surface area contributed by atoms with Crippen molar-refractivity contribution in [2.75, 3.05) is 19.6 Å². The molecular formula is C45H69N11O18. The Balaban J connectivity index is 1.83. The average Bonchev–Trinajstić information content (AvgIpc) is 4.13. The van der Waals surface area contributed by atoms with E-state index in [9.17, 15) is 82.4 Å². The van der Waals surface area contributed by atoms with Crippen LogP contribution in [-0.4, -0.2) is 192 Å². The molecule has 0 aromatic rings. The van der Waals surface area contributed by atoms with Gasteiger partial charge in [0.15, 0.2) is 0 Å². The maximum atomic E-state index is 14.3. The van der Waals surface area contributed by atoms with Crippen molar-refractivity contribution in [3.8, 4) is 0 Å². The summed E-state index contributed by atoms with van der Waals surface area (Å²) in [7, 11) is 0. The van der Waals surface area contributed by atoms with Crippen LogP contribution in [0.3, 0.4) is 0 Å². The minimum atomic E-state index is -1.69. The molecule has 0 aliphatic carbocycles. The third-order valence-corrected chi connectivity index (χ3v) is 12.7. The maximum absolute atomic E-state index is 14.3. The van der Waals surface area contributed by atoms with Crippen LogP contribution in [0.4, 0.5) is 0 Å². The fourth-order valence-corrected chi connectivity index (χ4v) is 8.96. The molecule has 0 aromatic heterocycles. The summed E-state index contributed by atoms with van der Waals surface area (Å²) in [6.07, 6.45) is -3.53. The molecule has 3 heterocycles. The second kappa shape index (κ2) is 28.7. The van der Waals surface area contributed by atoms with Crippen LogP contribution in [0.25, 0.3) is 0 Å². The van der Waals surface area contributed by atoms with Crippen molar-refractivity contribution in [3.05, 3.63) is 0 Å². The van der Waals surface area contributed by atoms with Gasteiger partial charge in [0.2, 0.25) is 59.1 Å². The summed E-state index contributed by atoms with van der Waals surface area (Å²) in [5.41, 5.74) is 16.2. The van der Waals surface area contributed by atoms with Crippen LogP contribution >= 0.6 is 0 Å². The van der Waals surface area contributed by atoms with Gasteiger partial charge in [-0.2, -0.15) is 0 Å². The average molecular weight is 1050 g/mol. The van der Waals surface area contributed by atoms with Crippen LogP contribution in [-0.2, 0) is 67.1 Å². The zero-order valence-corrected chi connectivity index (χ0v) is 41.3. The number of carboxylic acid groups (broad SMARTS) is 4. The molecule has 9 atom stereocenters. The van der Waals surface area contributed by atoms with Crippen molar-refractivity contribution < 1.29 is 87.5 Å². The molecule has 29 nitrogen and oxygen atoms in total. The van der Waals surface area contributed by atoms with E-state index in [4.69, 9.17) is 22.3 Å². The third-order valence-electron chi connectivity index (χ3n) is 12.7. The number of carboxylic acids is 4. The van der Waals surface area contributed by atoms with Crippen LogP contribution in [0, 0.1) is 5.92 Å². The molecule has 74 heavy (non-hydrogen) atoms. The molecule has 0 bridgehead atoms. The standard InChI is InChI=1S/C45H69N11O18/c1-22(2)20-28(53-39(67)27(21-33(48)58)52-37(65)23(46)9-14-34(59)60)43(71)54-17-3-6-29(54)40(68)49-24(11-15-35(61)62)38(66)50-25(12-16-36(63)64)42(70)56-19-5-8-31(56)44(72)55-18-4-7-30(55)41(69)51-26(45(73)74)10-13-32(47)57/h22-31H,3-21,46H2,1-2H3,(H2,47,57)(H2,48,58)(H,49,68)(H,50,66)(H,51,69)(H,52,65)(H,53,67)(H,59,60)(H,61,62)(H,63,64)(H,73,74)/t23-,24-,25-,26-,27-,28-,29-,30-,31-/m0/s1. The Morgan fingerprint density at radius 3 is 1.42 bits per heavy atom. The molecule has 412 valence electrons. The number of likely N-dealkylation sites (tertiary alicyclic amines) is 3. The van der Waals surface area contributed by atoms with Gasteiger partial charge in [-0.05, 0) is 76.5 Å². The van der Waals surface area contributed by atoms with E-state index in [1.165, 1.54) is 4.90 Å². The van der Waals surface area contributed by atoms with E-state index in [-0.39, 0.29) is 83.3 Å². The summed E-state index contributed by atoms with van der Waals surface area (Å²) in [5.74, 6) is -14.7. The van der Waals surface area contributed by atoms with Gasteiger partial charge >= 0.3 is 23.9 Å². The molecular weight excluding hydrogens is 983 g/mol. The molecule has 0 saturated carbocycles. The fourth-order valence-electron chi connectivity index (χ4n) is 8.96. The first-order chi connectivity index (χ1) is 34.7. The molecule has 3 fully saturated rings. The minimum absolute atomic E-state index is 0.0233. The summed E-state index contributed by atoms with van der Waals surface area (Å²) in [6, 6.07) is -12.9. The van der Waals surface area contributed by atoms with E-state index in [0.29, 0.717) is 6.42 Å². The zero-order valence-electron chi connectivity index (χ0n) is 41.3. The smallest absolute Gasteiger partial charge is 0.326 e. The number of nitrogens with zero attached hydrogens (tertiary/aromatic N) is 3. The number of aliphatic carboxylic acids is 4. The van der Waals surface area contributed by atoms with Gasteiger partial charge in [-0.3, -0.25) is 62.3 Å². The van der Waals surface area contributed by atoms with Crippen molar-refractivity contribution in [2.24, 2.45) is 23.1 Å². The maximum Gasteiger partial charge on any atom is 0.326 e. The monoisotopic (exact) mass is 1050 g/mol. The van der Waals surface area contributed by atoms with Gasteiger partial charge in [0.05, 0.1) is 12.5 Å². The van der Waals surface area contributed by atoms with Crippen LogP contribution < -0.4 is 43.8 Å². The number of rotatable bonds is 30. The van der Waals surface area contributed by atoms with Crippen LogP contribution in [0.5, 0.6) is 0 Å². The molecule has 3 aliphatic heterocycles. The van der Waals surface area contributed by atoms with E-state index in [0.717, 1.165) is 9.80 Å². The summed E-state index contributed by atoms with van der Waals surface area (Å²) in [4.78, 5) is 183. The number of carbonyl (C=O) groups is 14. The Morgan fingerprint density at radius 1 is 0.486 bits per heavy atom. The van der Waals surface area contributed by atoms with Gasteiger partial charge in [-0.25, -0.2) is 4.79 Å². The van der Waals surface area contributed by atoms with Crippen molar-refractivity contribution in [3.63, 3.8) is 0 Å². The molecule has 15 N–H and O–H groups in total. The van der Waals surface area contributed by atoms with Gasteiger partial charge in [-0.1, -0.05) is 13.8 Å². The normalized spacial score (nSPS) is 19.7. The fraction of sp³-hybridized carbons (Fsp3) is 0.689. The predicted molar refractivity (Wildman–Crippen MR) is 252 cm³/mol. The largest absolute Gasteiger partial charge is 0.481 e. The van der Waals surface area contributed by atoms with E-state index in [1.54, 1.807) is 13.8 Å². The van der Waals surface area contributed by atoms with E-state index in [1.807, 2.05) is 0 Å². The molecule has 29 heteroatoms. The first-order valence-electron chi connectivity index (χ1n) is 24.4. The highest BCUT2D eigenvalue weighted by atomic mass is 16.4. The second-order valence-electron chi connectivity index (χ2n) is 18.9. The first kappa shape index (κ1) is 60.8. The summed E-state index contributed by atoms with van der Waals surface area (Å²) < 4.78 is 0. The first-order valence-corrected chi connectivity index (χ1v) is 24.4. The lowest BCUT2D eigenvalue weighted by Crippen LogP contribution is -2.60. The zero-order chi connectivity index (χ0) is 55.6. The Labute approximate surface area is 424 Å². The summed E-state index contributed by atoms with van der Waals surface area (Å²) in [6.45, 7) is 3.42. The Hall–Kier alpha value is -7.46. The van der Waals surface area contributed by atoms with Gasteiger partial charge in [0, 0.05) is 45.3 Å². The molecule has 3 aliphatic rings. The highest BCUT2D eigenvalue weighted by Gasteiger charge is 2.45. The van der Waals surface area contributed by atoms with E-state index < -0.39 is 176 Å². The third kappa shape index (κ3) is 18.5. The van der Waals surface area contributed by atoms with E-state index >= 15 is 0 Å². The molecule has 0 radical (unpaired) electrons. The lowest BCUT2D eigenvalue weighted by Gasteiger charge is -2.33. The Morgan fingerprint density at radius 2 is 0.905 bits per heavy atom. The number of nitrogens with two attached hydrogens (primary N) is 3. The molecule has 0 unspecified atom stereocenters. The SMILES string of the molecule is CC(C)C[C@H](NC(=O)[C@H](CC(N)=O)NC(=O)[C@@H](N)CCC(=O)O)C(=O)N1CCC[C@H]1C(=O)N[C@@H](CCC(=O)O)C(=O)N[C@@H](CCC(=O)O)C(=O)N1CCC[C@H]1C(=O)N1CCC[C@H]1C(=O)N[C@@H](CCC(N)=O)C(=O)O. The van der Waals surface area contributed by atoms with Crippen molar-refractivity contribution >= 4 is 82.9 Å². The summed E-state index contributed by atoms with van der Waals surface area (Å²) in [5, 5.41) is 49.7. The predicted octanol–water partition coefficient (Wildman–Crippen LogP) is -4.42. The van der Waals surface area contributed by atoms with Crippen LogP contribution in [0.15, 0.2) is 0 Å². The van der Waals surface area contributed by atoms with Crippen LogP contribution in [0.1, 0.15) is 117 Å². The van der Waals surface area contributed by atoms with Crippen molar-refractivity contribution in [1.82, 2.24) is 41.3 Å². The number of carbonyl (C=O) groups excluding carboxylic acids is 10. The molecule has 0 spiro atoms. The minimum Gasteiger partial charge on any atom is -0.481 e. The van der Waals surface area contributed by atoms with E-state index in [2.05, 4.69) is 26.6 Å².